The molecular weight excluding hydrogens is 257 g/mol. The molecule has 1 aromatic rings. The summed E-state index contributed by atoms with van der Waals surface area (Å²) in [5.41, 5.74) is 6.24. The smallest absolute Gasteiger partial charge is 0.332 e. The van der Waals surface area contributed by atoms with E-state index >= 15 is 0 Å². The van der Waals surface area contributed by atoms with Crippen LogP contribution in [0.15, 0.2) is 30.3 Å². The maximum atomic E-state index is 12.4. The first-order valence-corrected chi connectivity index (χ1v) is 6.01. The summed E-state index contributed by atoms with van der Waals surface area (Å²) in [6.45, 7) is 0.490. The van der Waals surface area contributed by atoms with Gasteiger partial charge in [0.25, 0.3) is 0 Å². The van der Waals surface area contributed by atoms with Crippen LogP contribution in [0.5, 0.6) is 0 Å². The molecule has 1 unspecified atom stereocenters. The van der Waals surface area contributed by atoms with E-state index in [2.05, 4.69) is 0 Å². The number of carbonyl (C=O) groups is 1. The minimum absolute atomic E-state index is 0.0406. The number of nitrogens with zero attached hydrogens (tertiary/aromatic N) is 1. The summed E-state index contributed by atoms with van der Waals surface area (Å²) in [6.07, 6.45) is -3.97. The zero-order chi connectivity index (χ0) is 14.5. The number of hydrogen-bond acceptors (Lipinski definition) is 2. The van der Waals surface area contributed by atoms with E-state index in [1.807, 2.05) is 0 Å². The van der Waals surface area contributed by atoms with Gasteiger partial charge in [0.2, 0.25) is 5.91 Å². The summed E-state index contributed by atoms with van der Waals surface area (Å²) >= 11 is 0. The van der Waals surface area contributed by atoms with Crippen molar-refractivity contribution in [2.75, 3.05) is 13.1 Å². The molecule has 3 nitrogen and oxygen atoms in total. The molecule has 1 rings (SSSR count). The van der Waals surface area contributed by atoms with Crippen LogP contribution >= 0.6 is 0 Å². The quantitative estimate of drug-likeness (QED) is 0.896. The number of halogens is 3. The Labute approximate surface area is 110 Å². The predicted molar refractivity (Wildman–Crippen MR) is 66.3 cm³/mol. The normalized spacial score (nSPS) is 13.1. The lowest BCUT2D eigenvalue weighted by Crippen LogP contribution is -2.44. The van der Waals surface area contributed by atoms with E-state index in [1.54, 1.807) is 37.3 Å². The van der Waals surface area contributed by atoms with Gasteiger partial charge in [-0.1, -0.05) is 37.3 Å². The van der Waals surface area contributed by atoms with Gasteiger partial charge in [-0.25, -0.2) is 0 Å². The first kappa shape index (κ1) is 15.5. The van der Waals surface area contributed by atoms with Gasteiger partial charge in [0, 0.05) is 6.54 Å². The van der Waals surface area contributed by atoms with Crippen molar-refractivity contribution in [2.45, 2.75) is 25.6 Å². The zero-order valence-electron chi connectivity index (χ0n) is 10.7. The number of nitrogens with two attached hydrogens (primary N) is 1. The summed E-state index contributed by atoms with van der Waals surface area (Å²) < 4.78 is 37.3. The number of benzene rings is 1. The van der Waals surface area contributed by atoms with Crippen LogP contribution in [0.25, 0.3) is 0 Å². The lowest BCUT2D eigenvalue weighted by molar-refractivity contribution is -0.162. The number of rotatable bonds is 5. The molecule has 0 aliphatic carbocycles. The summed E-state index contributed by atoms with van der Waals surface area (Å²) in [5, 5.41) is 0. The van der Waals surface area contributed by atoms with Crippen LogP contribution < -0.4 is 5.73 Å². The van der Waals surface area contributed by atoms with Crippen LogP contribution in [0, 0.1) is 0 Å². The number of carbonyl (C=O) groups excluding carboxylic acids is 1. The average molecular weight is 274 g/mol. The molecule has 0 heterocycles. The Hall–Kier alpha value is -1.56. The van der Waals surface area contributed by atoms with Crippen LogP contribution in [-0.2, 0) is 4.79 Å². The van der Waals surface area contributed by atoms with Gasteiger partial charge in [-0.2, -0.15) is 13.2 Å². The van der Waals surface area contributed by atoms with E-state index in [4.69, 9.17) is 5.73 Å². The molecule has 0 aliphatic heterocycles. The summed E-state index contributed by atoms with van der Waals surface area (Å²) in [6, 6.07) is 7.32. The molecule has 106 valence electrons. The molecule has 0 saturated heterocycles. The van der Waals surface area contributed by atoms with E-state index in [-0.39, 0.29) is 6.54 Å². The average Bonchev–Trinajstić information content (AvgIpc) is 2.36. The van der Waals surface area contributed by atoms with E-state index in [9.17, 15) is 18.0 Å². The summed E-state index contributed by atoms with van der Waals surface area (Å²) in [7, 11) is 0. The molecule has 1 aromatic carbocycles. The first-order valence-electron chi connectivity index (χ1n) is 6.01. The third-order valence-corrected chi connectivity index (χ3v) is 2.60. The summed E-state index contributed by atoms with van der Waals surface area (Å²) in [5.74, 6) is -0.703. The molecule has 0 aliphatic rings. The van der Waals surface area contributed by atoms with Gasteiger partial charge in [-0.05, 0) is 12.0 Å². The minimum Gasteiger partial charge on any atom is -0.332 e. The van der Waals surface area contributed by atoms with E-state index in [0.717, 1.165) is 4.90 Å². The third kappa shape index (κ3) is 4.90. The molecule has 0 spiro atoms. The molecule has 6 heteroatoms. The largest absolute Gasteiger partial charge is 0.406 e. The van der Waals surface area contributed by atoms with Gasteiger partial charge in [-0.15, -0.1) is 0 Å². The Morgan fingerprint density at radius 2 is 1.89 bits per heavy atom. The van der Waals surface area contributed by atoms with Crippen molar-refractivity contribution in [3.8, 4) is 0 Å². The molecule has 0 saturated carbocycles. The SMILES string of the molecule is CCCN(CC(F)(F)F)C(=O)C(N)c1ccccc1. The predicted octanol–water partition coefficient (Wildman–Crippen LogP) is 2.49. The molecular formula is C13H17F3N2O. The molecule has 1 atom stereocenters. The lowest BCUT2D eigenvalue weighted by Gasteiger charge is -2.26. The van der Waals surface area contributed by atoms with Crippen LogP contribution in [0.3, 0.4) is 0 Å². The van der Waals surface area contributed by atoms with Gasteiger partial charge in [0.15, 0.2) is 0 Å². The molecule has 0 radical (unpaired) electrons. The molecule has 1 amide bonds. The van der Waals surface area contributed by atoms with Crippen molar-refractivity contribution >= 4 is 5.91 Å². The Bertz CT molecular complexity index is 406. The fourth-order valence-corrected chi connectivity index (χ4v) is 1.75. The van der Waals surface area contributed by atoms with Crippen LogP contribution in [0.2, 0.25) is 0 Å². The minimum atomic E-state index is -4.42. The van der Waals surface area contributed by atoms with Gasteiger partial charge in [-0.3, -0.25) is 4.79 Å². The molecule has 2 N–H and O–H groups in total. The second-order valence-electron chi connectivity index (χ2n) is 4.26. The monoisotopic (exact) mass is 274 g/mol. The highest BCUT2D eigenvalue weighted by Crippen LogP contribution is 2.20. The van der Waals surface area contributed by atoms with Crippen molar-refractivity contribution in [2.24, 2.45) is 5.73 Å². The molecule has 0 fully saturated rings. The number of alkyl halides is 3. The third-order valence-electron chi connectivity index (χ3n) is 2.60. The van der Waals surface area contributed by atoms with E-state index in [0.29, 0.717) is 12.0 Å². The van der Waals surface area contributed by atoms with Gasteiger partial charge in [0.1, 0.15) is 12.6 Å². The highest BCUT2D eigenvalue weighted by molar-refractivity contribution is 5.83. The Kier molecular flexibility index (Phi) is 5.35. The molecule has 0 aromatic heterocycles. The van der Waals surface area contributed by atoms with Crippen LogP contribution in [0.4, 0.5) is 13.2 Å². The topological polar surface area (TPSA) is 46.3 Å². The molecule has 0 bridgehead atoms. The van der Waals surface area contributed by atoms with E-state index in [1.165, 1.54) is 0 Å². The van der Waals surface area contributed by atoms with Crippen molar-refractivity contribution in [1.82, 2.24) is 4.90 Å². The second-order valence-corrected chi connectivity index (χ2v) is 4.26. The second kappa shape index (κ2) is 6.56. The maximum Gasteiger partial charge on any atom is 0.406 e. The lowest BCUT2D eigenvalue weighted by atomic mass is 10.1. The fourth-order valence-electron chi connectivity index (χ4n) is 1.75. The number of amides is 1. The van der Waals surface area contributed by atoms with Gasteiger partial charge >= 0.3 is 6.18 Å². The fraction of sp³-hybridized carbons (Fsp3) is 0.462. The zero-order valence-corrected chi connectivity index (χ0v) is 10.7. The van der Waals surface area contributed by atoms with E-state index < -0.39 is 24.7 Å². The Morgan fingerprint density at radius 1 is 1.32 bits per heavy atom. The highest BCUT2D eigenvalue weighted by atomic mass is 19.4. The Balaban J connectivity index is 2.82. The molecule has 19 heavy (non-hydrogen) atoms. The maximum absolute atomic E-state index is 12.4. The van der Waals surface area contributed by atoms with Crippen molar-refractivity contribution in [1.29, 1.82) is 0 Å². The van der Waals surface area contributed by atoms with Crippen molar-refractivity contribution < 1.29 is 18.0 Å². The standard InChI is InChI=1S/C13H17F3N2O/c1-2-8-18(9-13(14,15)16)12(19)11(17)10-6-4-3-5-7-10/h3-7,11H,2,8-9,17H2,1H3. The van der Waals surface area contributed by atoms with Crippen LogP contribution in [0.1, 0.15) is 24.9 Å². The van der Waals surface area contributed by atoms with Crippen LogP contribution in [-0.4, -0.2) is 30.1 Å². The number of hydrogen-bond donors (Lipinski definition) is 1. The summed E-state index contributed by atoms with van der Waals surface area (Å²) in [4.78, 5) is 12.8. The van der Waals surface area contributed by atoms with Gasteiger partial charge in [0.05, 0.1) is 0 Å². The Morgan fingerprint density at radius 3 is 2.37 bits per heavy atom. The first-order chi connectivity index (χ1) is 8.85. The highest BCUT2D eigenvalue weighted by Gasteiger charge is 2.34. The van der Waals surface area contributed by atoms with Gasteiger partial charge < -0.3 is 10.6 Å². The van der Waals surface area contributed by atoms with Crippen molar-refractivity contribution in [3.05, 3.63) is 35.9 Å². The van der Waals surface area contributed by atoms with Crippen molar-refractivity contribution in [3.63, 3.8) is 0 Å².